The van der Waals surface area contributed by atoms with Crippen LogP contribution in [0.3, 0.4) is 0 Å². The summed E-state index contributed by atoms with van der Waals surface area (Å²) in [5, 5.41) is 24.0. The maximum absolute atomic E-state index is 12.3. The Balaban J connectivity index is 1.40. The van der Waals surface area contributed by atoms with Gasteiger partial charge < -0.3 is 0 Å². The Morgan fingerprint density at radius 2 is 1.81 bits per heavy atom. The van der Waals surface area contributed by atoms with Crippen molar-refractivity contribution in [2.45, 2.75) is 0 Å². The third-order valence-corrected chi connectivity index (χ3v) is 4.60. The largest absolute Gasteiger partial charge is 0.289 e. The van der Waals surface area contributed by atoms with Gasteiger partial charge in [0, 0.05) is 17.8 Å². The van der Waals surface area contributed by atoms with Gasteiger partial charge in [0.2, 0.25) is 0 Å². The minimum atomic E-state index is -0.454. The van der Waals surface area contributed by atoms with Crippen LogP contribution in [0.2, 0.25) is 0 Å². The van der Waals surface area contributed by atoms with Gasteiger partial charge in [-0.05, 0) is 41.1 Å². The van der Waals surface area contributed by atoms with Crippen molar-refractivity contribution in [1.82, 2.24) is 15.6 Å². The first-order chi connectivity index (χ1) is 15.1. The van der Waals surface area contributed by atoms with Crippen LogP contribution in [0.15, 0.2) is 84.0 Å². The number of H-pyrrole nitrogens is 1. The van der Waals surface area contributed by atoms with E-state index in [0.717, 1.165) is 16.3 Å². The number of amides is 1. The Bertz CT molecular complexity index is 1320. The molecule has 0 aliphatic rings. The molecule has 31 heavy (non-hydrogen) atoms. The second-order valence-electron chi connectivity index (χ2n) is 6.62. The molecule has 0 aliphatic carbocycles. The minimum Gasteiger partial charge on any atom is -0.272 e. The number of hydrogen-bond donors (Lipinski definition) is 2. The van der Waals surface area contributed by atoms with Crippen molar-refractivity contribution in [2.24, 2.45) is 5.10 Å². The quantitative estimate of drug-likeness (QED) is 0.275. The summed E-state index contributed by atoms with van der Waals surface area (Å²) >= 11 is 0. The predicted molar refractivity (Wildman–Crippen MR) is 120 cm³/mol. The molecule has 1 heterocycles. The highest BCUT2D eigenvalue weighted by molar-refractivity contribution is 5.94. The van der Waals surface area contributed by atoms with E-state index < -0.39 is 10.8 Å². The first-order valence-corrected chi connectivity index (χ1v) is 9.40. The third-order valence-electron chi connectivity index (χ3n) is 4.60. The summed E-state index contributed by atoms with van der Waals surface area (Å²) in [7, 11) is 0. The number of aromatic nitrogens is 2. The van der Waals surface area contributed by atoms with E-state index in [4.69, 9.17) is 0 Å². The molecule has 1 aromatic heterocycles. The topological polar surface area (TPSA) is 113 Å². The van der Waals surface area contributed by atoms with Crippen molar-refractivity contribution in [1.29, 1.82) is 0 Å². The van der Waals surface area contributed by atoms with Gasteiger partial charge in [0.05, 0.1) is 16.2 Å². The summed E-state index contributed by atoms with van der Waals surface area (Å²) in [5.41, 5.74) is 4.64. The number of allylic oxidation sites excluding steroid dienone is 1. The van der Waals surface area contributed by atoms with E-state index >= 15 is 0 Å². The van der Waals surface area contributed by atoms with Crippen molar-refractivity contribution in [3.63, 3.8) is 0 Å². The van der Waals surface area contributed by atoms with E-state index in [-0.39, 0.29) is 11.4 Å². The number of nitrogens with one attached hydrogen (secondary N) is 2. The van der Waals surface area contributed by atoms with Gasteiger partial charge in [-0.1, -0.05) is 48.5 Å². The number of hydrogen-bond acceptors (Lipinski definition) is 5. The van der Waals surface area contributed by atoms with Crippen molar-refractivity contribution in [3.8, 4) is 11.3 Å². The summed E-state index contributed by atoms with van der Waals surface area (Å²) in [6.07, 6.45) is 4.40. The Morgan fingerprint density at radius 1 is 1.03 bits per heavy atom. The first kappa shape index (κ1) is 19.7. The molecule has 4 rings (SSSR count). The SMILES string of the molecule is O=C(N/N=C\C=C\c1ccccc1[N+](=O)[O-])c1cc(-c2ccc3ccccc3c2)n[nH]1. The number of fused-ring (bicyclic) bond motifs is 1. The molecule has 2 N–H and O–H groups in total. The molecule has 0 spiro atoms. The number of para-hydroxylation sites is 1. The lowest BCUT2D eigenvalue weighted by Crippen LogP contribution is -2.17. The maximum atomic E-state index is 12.3. The number of carbonyl (C=O) groups excluding carboxylic acids is 1. The third kappa shape index (κ3) is 4.54. The molecule has 8 nitrogen and oxygen atoms in total. The fraction of sp³-hybridized carbons (Fsp3) is 0. The monoisotopic (exact) mass is 411 g/mol. The number of aromatic amines is 1. The second-order valence-corrected chi connectivity index (χ2v) is 6.62. The van der Waals surface area contributed by atoms with Crippen LogP contribution < -0.4 is 5.43 Å². The number of nitro benzene ring substituents is 1. The molecule has 0 radical (unpaired) electrons. The molecule has 0 bridgehead atoms. The van der Waals surface area contributed by atoms with Crippen LogP contribution in [0.25, 0.3) is 28.1 Å². The summed E-state index contributed by atoms with van der Waals surface area (Å²) < 4.78 is 0. The van der Waals surface area contributed by atoms with E-state index in [1.165, 1.54) is 18.4 Å². The lowest BCUT2D eigenvalue weighted by Gasteiger charge is -2.00. The van der Waals surface area contributed by atoms with Crippen LogP contribution >= 0.6 is 0 Å². The number of benzene rings is 3. The molecule has 4 aromatic rings. The standard InChI is InChI=1S/C23H17N5O3/c29-23(27-24-13-5-9-17-7-3-4-10-22(17)28(30)31)21-15-20(25-26-21)19-12-11-16-6-1-2-8-18(16)14-19/h1-15H,(H,25,26)(H,27,29)/b9-5+,24-13-. The van der Waals surface area contributed by atoms with Crippen LogP contribution in [0.4, 0.5) is 5.69 Å². The highest BCUT2D eigenvalue weighted by atomic mass is 16.6. The summed E-state index contributed by atoms with van der Waals surface area (Å²) in [6.45, 7) is 0. The van der Waals surface area contributed by atoms with E-state index in [2.05, 4.69) is 20.7 Å². The number of nitrogens with zero attached hydrogens (tertiary/aromatic N) is 3. The maximum Gasteiger partial charge on any atom is 0.289 e. The lowest BCUT2D eigenvalue weighted by molar-refractivity contribution is -0.385. The molecule has 0 saturated heterocycles. The molecule has 0 atom stereocenters. The van der Waals surface area contributed by atoms with Crippen LogP contribution in [0.1, 0.15) is 16.1 Å². The molecule has 3 aromatic carbocycles. The molecular formula is C23H17N5O3. The minimum absolute atomic E-state index is 0.00475. The average molecular weight is 411 g/mol. The van der Waals surface area contributed by atoms with Gasteiger partial charge in [0.1, 0.15) is 5.69 Å². The fourth-order valence-corrected chi connectivity index (χ4v) is 3.08. The summed E-state index contributed by atoms with van der Waals surface area (Å²) in [6, 6.07) is 22.0. The zero-order chi connectivity index (χ0) is 21.6. The molecule has 0 unspecified atom stereocenters. The molecule has 0 fully saturated rings. The van der Waals surface area contributed by atoms with E-state index in [1.54, 1.807) is 30.3 Å². The summed E-state index contributed by atoms with van der Waals surface area (Å²) in [4.78, 5) is 22.8. The Kier molecular flexibility index (Phi) is 5.62. The highest BCUT2D eigenvalue weighted by Gasteiger charge is 2.11. The number of carbonyl (C=O) groups is 1. The van der Waals surface area contributed by atoms with Crippen molar-refractivity contribution >= 4 is 34.7 Å². The number of hydrazone groups is 1. The van der Waals surface area contributed by atoms with Crippen LogP contribution in [-0.4, -0.2) is 27.2 Å². The zero-order valence-electron chi connectivity index (χ0n) is 16.2. The van der Waals surface area contributed by atoms with Gasteiger partial charge in [-0.25, -0.2) is 5.43 Å². The first-order valence-electron chi connectivity index (χ1n) is 9.40. The fourth-order valence-electron chi connectivity index (χ4n) is 3.08. The molecule has 0 saturated carbocycles. The van der Waals surface area contributed by atoms with Crippen molar-refractivity contribution in [3.05, 3.63) is 100 Å². The Morgan fingerprint density at radius 3 is 2.65 bits per heavy atom. The Hall–Kier alpha value is -4.59. The van der Waals surface area contributed by atoms with E-state index in [1.807, 2.05) is 42.5 Å². The van der Waals surface area contributed by atoms with Crippen LogP contribution in [0, 0.1) is 10.1 Å². The van der Waals surface area contributed by atoms with Gasteiger partial charge >= 0.3 is 0 Å². The van der Waals surface area contributed by atoms with Gasteiger partial charge in [-0.2, -0.15) is 10.2 Å². The van der Waals surface area contributed by atoms with Crippen LogP contribution in [0.5, 0.6) is 0 Å². The lowest BCUT2D eigenvalue weighted by atomic mass is 10.1. The summed E-state index contributed by atoms with van der Waals surface area (Å²) in [5.74, 6) is -0.449. The van der Waals surface area contributed by atoms with Crippen molar-refractivity contribution < 1.29 is 9.72 Å². The second kappa shape index (κ2) is 8.83. The smallest absolute Gasteiger partial charge is 0.272 e. The van der Waals surface area contributed by atoms with E-state index in [0.29, 0.717) is 11.3 Å². The van der Waals surface area contributed by atoms with Crippen molar-refractivity contribution in [2.75, 3.05) is 0 Å². The van der Waals surface area contributed by atoms with Gasteiger partial charge in [0.25, 0.3) is 11.6 Å². The predicted octanol–water partition coefficient (Wildman–Crippen LogP) is 4.57. The molecule has 152 valence electrons. The van der Waals surface area contributed by atoms with Gasteiger partial charge in [-0.3, -0.25) is 20.0 Å². The number of nitro groups is 1. The highest BCUT2D eigenvalue weighted by Crippen LogP contribution is 2.23. The molecule has 8 heteroatoms. The number of rotatable bonds is 6. The average Bonchev–Trinajstić information content (AvgIpc) is 3.29. The normalized spacial score (nSPS) is 11.4. The van der Waals surface area contributed by atoms with Gasteiger partial charge in [0.15, 0.2) is 0 Å². The molecule has 0 aliphatic heterocycles. The van der Waals surface area contributed by atoms with E-state index in [9.17, 15) is 14.9 Å². The van der Waals surface area contributed by atoms with Crippen LogP contribution in [-0.2, 0) is 0 Å². The molecular weight excluding hydrogens is 394 g/mol. The zero-order valence-corrected chi connectivity index (χ0v) is 16.2. The molecule has 1 amide bonds. The Labute approximate surface area is 177 Å². The van der Waals surface area contributed by atoms with Gasteiger partial charge in [-0.15, -0.1) is 0 Å².